The van der Waals surface area contributed by atoms with Gasteiger partial charge in [0.1, 0.15) is 0 Å². The van der Waals surface area contributed by atoms with Crippen molar-refractivity contribution in [1.29, 1.82) is 0 Å². The molecule has 0 atom stereocenters. The first-order valence-electron chi connectivity index (χ1n) is 4.82. The van der Waals surface area contributed by atoms with E-state index in [1.54, 1.807) is 0 Å². The van der Waals surface area contributed by atoms with E-state index < -0.39 is 0 Å². The number of aryl methyl sites for hydroxylation is 2. The third-order valence-corrected chi connectivity index (χ3v) is 2.16. The van der Waals surface area contributed by atoms with Gasteiger partial charge >= 0.3 is 0 Å². The Bertz CT molecular complexity index is 434. The van der Waals surface area contributed by atoms with Crippen LogP contribution in [0.15, 0.2) is 40.9 Å². The number of carbonyl (C=O) groups excluding carboxylic acids is 1. The molecule has 0 radical (unpaired) electrons. The minimum atomic E-state index is 0.290. The predicted molar refractivity (Wildman–Crippen MR) is 55.7 cm³/mol. The summed E-state index contributed by atoms with van der Waals surface area (Å²) < 4.78 is 5.18. The zero-order valence-corrected chi connectivity index (χ0v) is 8.22. The zero-order chi connectivity index (χ0) is 10.5. The highest BCUT2D eigenvalue weighted by Gasteiger charge is 2.02. The molecule has 0 aliphatic rings. The number of nitrogens with zero attached hydrogens (tertiary/aromatic N) is 1. The Balaban J connectivity index is 1.96. The number of carbonyl (C=O) groups is 1. The molecule has 1 aromatic carbocycles. The van der Waals surface area contributed by atoms with Crippen molar-refractivity contribution < 1.29 is 9.21 Å². The van der Waals surface area contributed by atoms with Gasteiger partial charge in [0.05, 0.1) is 6.20 Å². The van der Waals surface area contributed by atoms with E-state index in [1.807, 2.05) is 18.2 Å². The van der Waals surface area contributed by atoms with E-state index in [4.69, 9.17) is 4.42 Å². The fourth-order valence-corrected chi connectivity index (χ4v) is 1.39. The van der Waals surface area contributed by atoms with Gasteiger partial charge in [-0.3, -0.25) is 4.79 Å². The third kappa shape index (κ3) is 2.53. The summed E-state index contributed by atoms with van der Waals surface area (Å²) in [4.78, 5) is 14.4. The Labute approximate surface area is 87.8 Å². The van der Waals surface area contributed by atoms with Crippen molar-refractivity contribution in [1.82, 2.24) is 4.98 Å². The van der Waals surface area contributed by atoms with Crippen molar-refractivity contribution >= 4 is 6.29 Å². The van der Waals surface area contributed by atoms with Crippen molar-refractivity contribution in [2.24, 2.45) is 0 Å². The van der Waals surface area contributed by atoms with Crippen LogP contribution in [0.4, 0.5) is 0 Å². The van der Waals surface area contributed by atoms with Crippen molar-refractivity contribution in [2.45, 2.75) is 12.8 Å². The quantitative estimate of drug-likeness (QED) is 0.712. The van der Waals surface area contributed by atoms with Crippen LogP contribution in [0.1, 0.15) is 22.0 Å². The summed E-state index contributed by atoms with van der Waals surface area (Å²) in [5.74, 6) is 0.902. The van der Waals surface area contributed by atoms with Crippen molar-refractivity contribution in [3.8, 4) is 0 Å². The average Bonchev–Trinajstić information content (AvgIpc) is 2.76. The van der Waals surface area contributed by atoms with Gasteiger partial charge in [-0.1, -0.05) is 30.3 Å². The molecule has 0 N–H and O–H groups in total. The highest BCUT2D eigenvalue weighted by Crippen LogP contribution is 2.07. The number of oxazole rings is 1. The second-order valence-corrected chi connectivity index (χ2v) is 3.26. The van der Waals surface area contributed by atoms with Gasteiger partial charge in [-0.25, -0.2) is 4.98 Å². The summed E-state index contributed by atoms with van der Waals surface area (Å²) in [6, 6.07) is 10.1. The largest absolute Gasteiger partial charge is 0.438 e. The topological polar surface area (TPSA) is 43.1 Å². The van der Waals surface area contributed by atoms with Crippen LogP contribution in [0.5, 0.6) is 0 Å². The first-order chi connectivity index (χ1) is 7.38. The summed E-state index contributed by atoms with van der Waals surface area (Å²) in [6.07, 6.45) is 3.71. The molecule has 0 bridgehead atoms. The maximum atomic E-state index is 10.4. The second kappa shape index (κ2) is 4.55. The number of aromatic nitrogens is 1. The van der Waals surface area contributed by atoms with Gasteiger partial charge in [0.25, 0.3) is 0 Å². The van der Waals surface area contributed by atoms with Crippen molar-refractivity contribution in [3.05, 3.63) is 53.7 Å². The number of aldehydes is 1. The maximum absolute atomic E-state index is 10.4. The molecular weight excluding hydrogens is 190 g/mol. The Morgan fingerprint density at radius 1 is 1.20 bits per heavy atom. The molecule has 2 rings (SSSR count). The molecule has 0 saturated heterocycles. The highest BCUT2D eigenvalue weighted by molar-refractivity contribution is 5.69. The summed E-state index contributed by atoms with van der Waals surface area (Å²) >= 11 is 0. The molecular formula is C12H11NO2. The van der Waals surface area contributed by atoms with E-state index in [0.717, 1.165) is 12.8 Å². The van der Waals surface area contributed by atoms with E-state index >= 15 is 0 Å². The average molecular weight is 201 g/mol. The Kier molecular flexibility index (Phi) is 2.93. The van der Waals surface area contributed by atoms with Crippen LogP contribution in [-0.4, -0.2) is 11.3 Å². The molecule has 76 valence electrons. The van der Waals surface area contributed by atoms with E-state index in [9.17, 15) is 4.79 Å². The van der Waals surface area contributed by atoms with Gasteiger partial charge in [0, 0.05) is 6.42 Å². The molecule has 0 fully saturated rings. The van der Waals surface area contributed by atoms with Crippen molar-refractivity contribution in [2.75, 3.05) is 0 Å². The van der Waals surface area contributed by atoms with E-state index in [1.165, 1.54) is 11.8 Å². The summed E-state index contributed by atoms with van der Waals surface area (Å²) in [6.45, 7) is 0. The fourth-order valence-electron chi connectivity index (χ4n) is 1.39. The molecule has 0 amide bonds. The normalized spacial score (nSPS) is 10.1. The number of rotatable bonds is 4. The fraction of sp³-hybridized carbons (Fsp3) is 0.167. The molecule has 0 aliphatic heterocycles. The first kappa shape index (κ1) is 9.65. The Morgan fingerprint density at radius 2 is 2.00 bits per heavy atom. The van der Waals surface area contributed by atoms with Crippen LogP contribution in [0, 0.1) is 0 Å². The van der Waals surface area contributed by atoms with E-state index in [-0.39, 0.29) is 5.76 Å². The van der Waals surface area contributed by atoms with Crippen LogP contribution in [0.3, 0.4) is 0 Å². The minimum Gasteiger partial charge on any atom is -0.438 e. The SMILES string of the molecule is O=Cc1cnc(CCc2ccccc2)o1. The summed E-state index contributed by atoms with van der Waals surface area (Å²) in [5.41, 5.74) is 1.24. The molecule has 0 unspecified atom stereocenters. The molecule has 1 heterocycles. The van der Waals surface area contributed by atoms with Gasteiger partial charge in [-0.2, -0.15) is 0 Å². The van der Waals surface area contributed by atoms with Gasteiger partial charge < -0.3 is 4.42 Å². The second-order valence-electron chi connectivity index (χ2n) is 3.26. The number of benzene rings is 1. The van der Waals surface area contributed by atoms with Gasteiger partial charge in [-0.05, 0) is 12.0 Å². The monoisotopic (exact) mass is 201 g/mol. The van der Waals surface area contributed by atoms with Crippen LogP contribution < -0.4 is 0 Å². The van der Waals surface area contributed by atoms with Gasteiger partial charge in [0.2, 0.25) is 0 Å². The van der Waals surface area contributed by atoms with Gasteiger partial charge in [-0.15, -0.1) is 0 Å². The lowest BCUT2D eigenvalue weighted by molar-refractivity contribution is 0.109. The zero-order valence-electron chi connectivity index (χ0n) is 8.22. The first-order valence-corrected chi connectivity index (χ1v) is 4.82. The van der Waals surface area contributed by atoms with Crippen LogP contribution >= 0.6 is 0 Å². The molecule has 0 spiro atoms. The van der Waals surface area contributed by atoms with Crippen LogP contribution in [0.25, 0.3) is 0 Å². The molecule has 0 aliphatic carbocycles. The van der Waals surface area contributed by atoms with Gasteiger partial charge in [0.15, 0.2) is 17.9 Å². The molecule has 3 heteroatoms. The lowest BCUT2D eigenvalue weighted by Crippen LogP contribution is -1.90. The summed E-state index contributed by atoms with van der Waals surface area (Å²) in [5, 5.41) is 0. The lowest BCUT2D eigenvalue weighted by Gasteiger charge is -1.96. The standard InChI is InChI=1S/C12H11NO2/c14-9-11-8-13-12(15-11)7-6-10-4-2-1-3-5-10/h1-5,8-9H,6-7H2. The Morgan fingerprint density at radius 3 is 2.67 bits per heavy atom. The molecule has 1 aromatic heterocycles. The molecule has 15 heavy (non-hydrogen) atoms. The van der Waals surface area contributed by atoms with Crippen LogP contribution in [-0.2, 0) is 12.8 Å². The number of hydrogen-bond donors (Lipinski definition) is 0. The van der Waals surface area contributed by atoms with E-state index in [0.29, 0.717) is 12.2 Å². The number of hydrogen-bond acceptors (Lipinski definition) is 3. The maximum Gasteiger partial charge on any atom is 0.195 e. The van der Waals surface area contributed by atoms with Crippen LogP contribution in [0.2, 0.25) is 0 Å². The molecule has 3 nitrogen and oxygen atoms in total. The van der Waals surface area contributed by atoms with Crippen molar-refractivity contribution in [3.63, 3.8) is 0 Å². The molecule has 0 saturated carbocycles. The van der Waals surface area contributed by atoms with E-state index in [2.05, 4.69) is 17.1 Å². The Hall–Kier alpha value is -1.90. The highest BCUT2D eigenvalue weighted by atomic mass is 16.4. The minimum absolute atomic E-state index is 0.290. The third-order valence-electron chi connectivity index (χ3n) is 2.16. The lowest BCUT2D eigenvalue weighted by atomic mass is 10.1. The molecule has 2 aromatic rings. The predicted octanol–water partition coefficient (Wildman–Crippen LogP) is 2.27. The summed E-state index contributed by atoms with van der Waals surface area (Å²) in [7, 11) is 0. The smallest absolute Gasteiger partial charge is 0.195 e.